The van der Waals surface area contributed by atoms with Crippen molar-refractivity contribution >= 4 is 23.6 Å². The molecular weight excluding hydrogens is 464 g/mol. The molecule has 36 heavy (non-hydrogen) atoms. The van der Waals surface area contributed by atoms with Gasteiger partial charge in [-0.15, -0.1) is 5.10 Å². The maximum atomic E-state index is 13.3. The molecule has 1 aromatic carbocycles. The van der Waals surface area contributed by atoms with Crippen LogP contribution in [0, 0.1) is 5.92 Å². The van der Waals surface area contributed by atoms with E-state index in [-0.39, 0.29) is 48.0 Å². The Labute approximate surface area is 206 Å². The molecule has 3 saturated heterocycles. The molecule has 11 nitrogen and oxygen atoms in total. The van der Waals surface area contributed by atoms with Crippen LogP contribution in [-0.4, -0.2) is 79.3 Å². The number of amides is 4. The van der Waals surface area contributed by atoms with Crippen molar-refractivity contribution in [3.8, 4) is 5.69 Å². The highest BCUT2D eigenvalue weighted by Gasteiger charge is 2.62. The number of carbonyl (C=O) groups excluding carboxylic acids is 4. The van der Waals surface area contributed by atoms with Crippen LogP contribution >= 0.6 is 0 Å². The van der Waals surface area contributed by atoms with Crippen LogP contribution in [0.15, 0.2) is 24.4 Å². The number of ether oxygens (including phenoxy) is 1. The summed E-state index contributed by atoms with van der Waals surface area (Å²) in [4.78, 5) is 53.4. The maximum absolute atomic E-state index is 13.3. The minimum Gasteiger partial charge on any atom is -0.371 e. The first kappa shape index (κ1) is 21.7. The summed E-state index contributed by atoms with van der Waals surface area (Å²) in [5.41, 5.74) is 2.08. The topological polar surface area (TPSA) is 127 Å². The summed E-state index contributed by atoms with van der Waals surface area (Å²) < 4.78 is 7.63. The summed E-state index contributed by atoms with van der Waals surface area (Å²) >= 11 is 0. The Morgan fingerprint density at radius 1 is 1.17 bits per heavy atom. The van der Waals surface area contributed by atoms with Gasteiger partial charge in [0.15, 0.2) is 5.69 Å². The predicted octanol–water partition coefficient (Wildman–Crippen LogP) is 0.812. The van der Waals surface area contributed by atoms with Crippen molar-refractivity contribution in [2.24, 2.45) is 5.92 Å². The Bertz CT molecular complexity index is 1310. The normalized spacial score (nSPS) is 29.5. The fourth-order valence-corrected chi connectivity index (χ4v) is 6.36. The maximum Gasteiger partial charge on any atom is 0.276 e. The molecule has 4 amide bonds. The van der Waals surface area contributed by atoms with Crippen molar-refractivity contribution in [1.82, 2.24) is 30.1 Å². The Balaban J connectivity index is 1.09. The van der Waals surface area contributed by atoms with E-state index < -0.39 is 11.9 Å². The second-order valence-corrected chi connectivity index (χ2v) is 10.5. The molecule has 1 spiro atoms. The highest BCUT2D eigenvalue weighted by atomic mass is 16.5. The molecule has 3 unspecified atom stereocenters. The lowest BCUT2D eigenvalue weighted by Gasteiger charge is -2.55. The lowest BCUT2D eigenvalue weighted by molar-refractivity contribution is -0.149. The molecule has 5 aliphatic rings. The Morgan fingerprint density at radius 3 is 2.78 bits per heavy atom. The third-order valence-electron chi connectivity index (χ3n) is 8.26. The summed E-state index contributed by atoms with van der Waals surface area (Å²) in [6.07, 6.45) is 6.48. The molecule has 186 valence electrons. The molecule has 4 fully saturated rings. The van der Waals surface area contributed by atoms with Gasteiger partial charge in [-0.2, -0.15) is 0 Å². The molecule has 0 bridgehead atoms. The van der Waals surface area contributed by atoms with Gasteiger partial charge < -0.3 is 14.5 Å². The van der Waals surface area contributed by atoms with Crippen molar-refractivity contribution in [3.05, 3.63) is 41.2 Å². The number of imide groups is 1. The highest BCUT2D eigenvalue weighted by Crippen LogP contribution is 2.51. The van der Waals surface area contributed by atoms with Gasteiger partial charge in [0.05, 0.1) is 24.5 Å². The van der Waals surface area contributed by atoms with E-state index in [0.29, 0.717) is 30.1 Å². The van der Waals surface area contributed by atoms with E-state index in [0.717, 1.165) is 37.9 Å². The number of hydrogen-bond donors (Lipinski definition) is 1. The number of nitrogens with zero attached hydrogens (tertiary/aromatic N) is 5. The van der Waals surface area contributed by atoms with Crippen LogP contribution in [0.4, 0.5) is 0 Å². The summed E-state index contributed by atoms with van der Waals surface area (Å²) in [5.74, 6) is -0.594. The van der Waals surface area contributed by atoms with Crippen LogP contribution in [0.5, 0.6) is 0 Å². The number of benzene rings is 1. The molecule has 5 heterocycles. The Morgan fingerprint density at radius 2 is 2.03 bits per heavy atom. The van der Waals surface area contributed by atoms with Crippen LogP contribution in [-0.2, 0) is 20.9 Å². The van der Waals surface area contributed by atoms with Crippen molar-refractivity contribution in [3.63, 3.8) is 0 Å². The van der Waals surface area contributed by atoms with E-state index >= 15 is 0 Å². The molecule has 4 aliphatic heterocycles. The zero-order valence-corrected chi connectivity index (χ0v) is 19.7. The summed E-state index contributed by atoms with van der Waals surface area (Å²) in [6.45, 7) is 1.65. The molecule has 0 radical (unpaired) electrons. The van der Waals surface area contributed by atoms with E-state index in [2.05, 4.69) is 15.6 Å². The number of likely N-dealkylation sites (tertiary alicyclic amines) is 1. The smallest absolute Gasteiger partial charge is 0.276 e. The van der Waals surface area contributed by atoms with E-state index in [1.807, 2.05) is 11.0 Å². The van der Waals surface area contributed by atoms with Crippen LogP contribution in [0.3, 0.4) is 0 Å². The van der Waals surface area contributed by atoms with Gasteiger partial charge >= 0.3 is 0 Å². The van der Waals surface area contributed by atoms with Gasteiger partial charge in [-0.1, -0.05) is 5.21 Å². The second-order valence-electron chi connectivity index (χ2n) is 10.5. The zero-order valence-electron chi connectivity index (χ0n) is 19.7. The molecule has 1 aromatic heterocycles. The third-order valence-corrected chi connectivity index (χ3v) is 8.26. The second kappa shape index (κ2) is 7.70. The first-order valence-corrected chi connectivity index (χ1v) is 12.6. The zero-order chi connectivity index (χ0) is 24.6. The quantitative estimate of drug-likeness (QED) is 0.629. The van der Waals surface area contributed by atoms with Gasteiger partial charge in [-0.05, 0) is 61.8 Å². The van der Waals surface area contributed by atoms with Gasteiger partial charge in [0, 0.05) is 25.1 Å². The van der Waals surface area contributed by atoms with E-state index in [1.165, 1.54) is 4.90 Å². The van der Waals surface area contributed by atoms with E-state index in [4.69, 9.17) is 4.74 Å². The van der Waals surface area contributed by atoms with E-state index in [1.54, 1.807) is 23.0 Å². The van der Waals surface area contributed by atoms with Gasteiger partial charge in [0.1, 0.15) is 11.6 Å². The first-order valence-electron chi connectivity index (χ1n) is 12.6. The Kier molecular flexibility index (Phi) is 4.63. The molecule has 11 heteroatoms. The van der Waals surface area contributed by atoms with Crippen molar-refractivity contribution < 1.29 is 23.9 Å². The highest BCUT2D eigenvalue weighted by molar-refractivity contribution is 6.05. The van der Waals surface area contributed by atoms with Crippen molar-refractivity contribution in [2.45, 2.75) is 62.8 Å². The van der Waals surface area contributed by atoms with Crippen LogP contribution in [0.1, 0.15) is 64.9 Å². The number of piperidine rings is 1. The monoisotopic (exact) mass is 490 g/mol. The molecule has 1 N–H and O–H groups in total. The SMILES string of the molecule is O=C1CCC(N2Cc3cc(-n4cc(C(=O)N5CC6(CCCO6)C5C5CC5)nn4)ccc3C2=O)C(=O)N1. The number of hydrogen-bond acceptors (Lipinski definition) is 7. The summed E-state index contributed by atoms with van der Waals surface area (Å²) in [6, 6.07) is 4.76. The molecular formula is C25H26N6O5. The third kappa shape index (κ3) is 3.22. The Hall–Kier alpha value is -3.60. The van der Waals surface area contributed by atoms with Crippen molar-refractivity contribution in [1.29, 1.82) is 0 Å². The largest absolute Gasteiger partial charge is 0.371 e. The van der Waals surface area contributed by atoms with Crippen LogP contribution in [0.25, 0.3) is 5.69 Å². The average molecular weight is 491 g/mol. The van der Waals surface area contributed by atoms with Gasteiger partial charge in [0.2, 0.25) is 11.8 Å². The lowest BCUT2D eigenvalue weighted by Crippen LogP contribution is -2.71. The predicted molar refractivity (Wildman–Crippen MR) is 123 cm³/mol. The molecule has 1 saturated carbocycles. The van der Waals surface area contributed by atoms with Crippen LogP contribution in [0.2, 0.25) is 0 Å². The number of nitrogens with one attached hydrogen (secondary N) is 1. The van der Waals surface area contributed by atoms with E-state index in [9.17, 15) is 19.2 Å². The fourth-order valence-electron chi connectivity index (χ4n) is 6.36. The minimum absolute atomic E-state index is 0.125. The molecule has 1 aliphatic carbocycles. The average Bonchev–Trinajstić information content (AvgIpc) is 3.25. The van der Waals surface area contributed by atoms with Gasteiger partial charge in [0.25, 0.3) is 11.8 Å². The molecule has 3 atom stereocenters. The number of carbonyl (C=O) groups is 4. The lowest BCUT2D eigenvalue weighted by atomic mass is 9.78. The number of aromatic nitrogens is 3. The standard InChI is InChI=1S/C25H26N6O5/c32-20-7-6-19(22(33)26-20)29-11-15-10-16(4-5-17(15)23(29)34)31-12-18(27-28-31)24(35)30-13-25(8-1-9-36-25)21(30)14-2-3-14/h4-5,10,12,14,19,21H,1-3,6-9,11,13H2,(H,26,32,33). The summed E-state index contributed by atoms with van der Waals surface area (Å²) in [7, 11) is 0. The van der Waals surface area contributed by atoms with Crippen LogP contribution < -0.4 is 5.32 Å². The van der Waals surface area contributed by atoms with Crippen molar-refractivity contribution in [2.75, 3.05) is 13.2 Å². The molecule has 2 aromatic rings. The summed E-state index contributed by atoms with van der Waals surface area (Å²) in [5, 5.41) is 10.7. The number of rotatable bonds is 4. The van der Waals surface area contributed by atoms with Gasteiger partial charge in [-0.25, -0.2) is 4.68 Å². The van der Waals surface area contributed by atoms with Gasteiger partial charge in [-0.3, -0.25) is 24.5 Å². The molecule has 7 rings (SSSR count). The first-order chi connectivity index (χ1) is 17.4. The number of fused-ring (bicyclic) bond motifs is 1. The minimum atomic E-state index is -0.662. The fraction of sp³-hybridized carbons (Fsp3) is 0.520.